The molecule has 2 aromatic carbocycles. The number of benzene rings is 2. The van der Waals surface area contributed by atoms with Gasteiger partial charge in [-0.3, -0.25) is 4.79 Å². The van der Waals surface area contributed by atoms with Gasteiger partial charge in [0.25, 0.3) is 5.56 Å². The number of halogens is 2. The normalized spacial score (nSPS) is 13.1. The van der Waals surface area contributed by atoms with E-state index in [1.54, 1.807) is 30.5 Å². The highest BCUT2D eigenvalue weighted by atomic mass is 19.3. The van der Waals surface area contributed by atoms with Gasteiger partial charge in [0.2, 0.25) is 5.82 Å². The van der Waals surface area contributed by atoms with E-state index in [9.17, 15) is 13.6 Å². The summed E-state index contributed by atoms with van der Waals surface area (Å²) in [4.78, 5) is 17.0. The van der Waals surface area contributed by atoms with Crippen LogP contribution < -0.4 is 19.9 Å². The zero-order valence-electron chi connectivity index (χ0n) is 18.5. The van der Waals surface area contributed by atoms with Crippen LogP contribution in [0, 0.1) is 5.92 Å². The van der Waals surface area contributed by atoms with Gasteiger partial charge >= 0.3 is 6.61 Å². The fraction of sp³-hybridized carbons (Fsp3) is 0.250. The predicted molar refractivity (Wildman–Crippen MR) is 124 cm³/mol. The van der Waals surface area contributed by atoms with Crippen molar-refractivity contribution in [1.29, 1.82) is 0 Å². The minimum atomic E-state index is -2.97. The Morgan fingerprint density at radius 2 is 1.86 bits per heavy atom. The Morgan fingerprint density at radius 1 is 1.06 bits per heavy atom. The summed E-state index contributed by atoms with van der Waals surface area (Å²) in [6, 6.07) is 15.6. The van der Waals surface area contributed by atoms with E-state index in [1.807, 2.05) is 29.2 Å². The number of aromatic amines is 2. The summed E-state index contributed by atoms with van der Waals surface area (Å²) in [6.07, 6.45) is 3.68. The quantitative estimate of drug-likeness (QED) is 0.349. The molecule has 35 heavy (non-hydrogen) atoms. The van der Waals surface area contributed by atoms with Gasteiger partial charge in [-0.2, -0.15) is 14.0 Å². The molecule has 1 aliphatic carbocycles. The van der Waals surface area contributed by atoms with E-state index >= 15 is 0 Å². The molecule has 180 valence electrons. The van der Waals surface area contributed by atoms with E-state index < -0.39 is 6.61 Å². The van der Waals surface area contributed by atoms with Crippen molar-refractivity contribution in [2.75, 3.05) is 11.5 Å². The lowest BCUT2D eigenvalue weighted by molar-refractivity contribution is -0.0515. The number of nitrogens with one attached hydrogen (secondary N) is 2. The van der Waals surface area contributed by atoms with Crippen molar-refractivity contribution in [3.05, 3.63) is 76.7 Å². The molecule has 0 unspecified atom stereocenters. The molecule has 9 nitrogen and oxygen atoms in total. The maximum Gasteiger partial charge on any atom is 0.387 e. The molecule has 2 aromatic heterocycles. The summed E-state index contributed by atoms with van der Waals surface area (Å²) in [5.41, 5.74) is 2.48. The van der Waals surface area contributed by atoms with Gasteiger partial charge in [0.05, 0.1) is 13.2 Å². The molecule has 1 fully saturated rings. The molecule has 2 heterocycles. The molecule has 0 aliphatic heterocycles. The molecule has 0 saturated heterocycles. The Bertz CT molecular complexity index is 1320. The zero-order valence-corrected chi connectivity index (χ0v) is 18.5. The van der Waals surface area contributed by atoms with Crippen LogP contribution >= 0.6 is 0 Å². The Hall–Kier alpha value is -4.28. The number of hydrogen-bond acceptors (Lipinski definition) is 7. The minimum Gasteiger partial charge on any atom is -0.489 e. The molecule has 0 amide bonds. The van der Waals surface area contributed by atoms with E-state index in [4.69, 9.17) is 4.74 Å². The standard InChI is InChI=1S/C24H22F2N6O3/c25-24(26)35-20-10-9-19(12-21(20)34-14-15-3-4-15)32(13-17-2-1-11-27-23(17)33)18-7-5-16(6-8-18)22-28-30-31-29-22/h1-2,5-12,15,24H,3-4,13-14H2,(H,27,33)(H,28,29,30,31). The number of rotatable bonds is 10. The zero-order chi connectivity index (χ0) is 24.2. The number of H-pyrrole nitrogens is 2. The van der Waals surface area contributed by atoms with Gasteiger partial charge in [0, 0.05) is 34.8 Å². The topological polar surface area (TPSA) is 109 Å². The summed E-state index contributed by atoms with van der Waals surface area (Å²) < 4.78 is 36.5. The number of nitrogens with zero attached hydrogens (tertiary/aromatic N) is 4. The van der Waals surface area contributed by atoms with Crippen molar-refractivity contribution in [1.82, 2.24) is 25.6 Å². The maximum absolute atomic E-state index is 13.0. The fourth-order valence-corrected chi connectivity index (χ4v) is 3.62. The molecule has 0 spiro atoms. The van der Waals surface area contributed by atoms with Crippen LogP contribution in [0.1, 0.15) is 18.4 Å². The summed E-state index contributed by atoms with van der Waals surface area (Å²) in [6.45, 7) is -2.31. The third kappa shape index (κ3) is 5.45. The molecule has 11 heteroatoms. The van der Waals surface area contributed by atoms with Crippen LogP contribution in [-0.2, 0) is 6.54 Å². The average molecular weight is 480 g/mol. The van der Waals surface area contributed by atoms with Crippen LogP contribution in [-0.4, -0.2) is 38.8 Å². The smallest absolute Gasteiger partial charge is 0.387 e. The number of pyridine rings is 1. The minimum absolute atomic E-state index is 0.0330. The Labute approximate surface area is 198 Å². The van der Waals surface area contributed by atoms with Gasteiger partial charge in [0.15, 0.2) is 11.5 Å². The second kappa shape index (κ2) is 9.92. The molecule has 0 bridgehead atoms. The first kappa shape index (κ1) is 22.5. The van der Waals surface area contributed by atoms with Crippen LogP contribution in [0.15, 0.2) is 65.6 Å². The molecule has 1 aliphatic rings. The first-order valence-electron chi connectivity index (χ1n) is 11.1. The summed E-state index contributed by atoms with van der Waals surface area (Å²) in [7, 11) is 0. The lowest BCUT2D eigenvalue weighted by Crippen LogP contribution is -2.22. The van der Waals surface area contributed by atoms with E-state index in [0.29, 0.717) is 29.6 Å². The predicted octanol–water partition coefficient (Wildman–Crippen LogP) is 4.28. The van der Waals surface area contributed by atoms with Gasteiger partial charge in [-0.15, -0.1) is 10.2 Å². The molecular formula is C24H22F2N6O3. The van der Waals surface area contributed by atoms with Crippen LogP contribution in [0.4, 0.5) is 20.2 Å². The first-order valence-corrected chi connectivity index (χ1v) is 11.1. The fourth-order valence-electron chi connectivity index (χ4n) is 3.62. The van der Waals surface area contributed by atoms with Gasteiger partial charge < -0.3 is 19.4 Å². The molecular weight excluding hydrogens is 458 g/mol. The number of anilines is 2. The Kier molecular flexibility index (Phi) is 6.38. The van der Waals surface area contributed by atoms with Gasteiger partial charge in [-0.1, -0.05) is 6.07 Å². The van der Waals surface area contributed by atoms with E-state index in [1.165, 1.54) is 6.07 Å². The highest BCUT2D eigenvalue weighted by Crippen LogP contribution is 2.38. The lowest BCUT2D eigenvalue weighted by Gasteiger charge is -2.26. The molecule has 4 aromatic rings. The average Bonchev–Trinajstić information content (AvgIpc) is 3.53. The Morgan fingerprint density at radius 3 is 2.54 bits per heavy atom. The number of alkyl halides is 2. The van der Waals surface area contributed by atoms with Crippen molar-refractivity contribution >= 4 is 11.4 Å². The van der Waals surface area contributed by atoms with Gasteiger partial charge in [-0.25, -0.2) is 0 Å². The van der Waals surface area contributed by atoms with Crippen molar-refractivity contribution in [3.63, 3.8) is 0 Å². The number of hydrogen-bond donors (Lipinski definition) is 2. The van der Waals surface area contributed by atoms with Crippen LogP contribution in [0.3, 0.4) is 0 Å². The Balaban J connectivity index is 1.52. The second-order valence-corrected chi connectivity index (χ2v) is 8.16. The van der Waals surface area contributed by atoms with E-state index in [2.05, 4.69) is 30.3 Å². The van der Waals surface area contributed by atoms with E-state index in [-0.39, 0.29) is 23.6 Å². The highest BCUT2D eigenvalue weighted by Gasteiger charge is 2.24. The number of tetrazole rings is 1. The van der Waals surface area contributed by atoms with Crippen LogP contribution in [0.2, 0.25) is 0 Å². The van der Waals surface area contributed by atoms with Crippen LogP contribution in [0.25, 0.3) is 11.4 Å². The molecule has 1 saturated carbocycles. The van der Waals surface area contributed by atoms with Gasteiger partial charge in [0.1, 0.15) is 0 Å². The third-order valence-electron chi connectivity index (χ3n) is 5.64. The van der Waals surface area contributed by atoms with Crippen molar-refractivity contribution < 1.29 is 18.3 Å². The number of ether oxygens (including phenoxy) is 2. The third-order valence-corrected chi connectivity index (χ3v) is 5.64. The maximum atomic E-state index is 13.0. The van der Waals surface area contributed by atoms with Crippen molar-refractivity contribution in [2.45, 2.75) is 26.0 Å². The second-order valence-electron chi connectivity index (χ2n) is 8.16. The highest BCUT2D eigenvalue weighted by molar-refractivity contribution is 5.69. The van der Waals surface area contributed by atoms with Crippen molar-refractivity contribution in [2.24, 2.45) is 5.92 Å². The molecule has 5 rings (SSSR count). The molecule has 0 radical (unpaired) electrons. The van der Waals surface area contributed by atoms with Gasteiger partial charge in [-0.05, 0) is 66.4 Å². The lowest BCUT2D eigenvalue weighted by atomic mass is 10.1. The molecule has 0 atom stereocenters. The first-order chi connectivity index (χ1) is 17.1. The SMILES string of the molecule is O=c1[nH]cccc1CN(c1ccc(-c2nn[nH]n2)cc1)c1ccc(OC(F)F)c(OCC2CC2)c1. The number of aromatic nitrogens is 5. The summed E-state index contributed by atoms with van der Waals surface area (Å²) in [5.74, 6) is 1.07. The van der Waals surface area contributed by atoms with Crippen molar-refractivity contribution in [3.8, 4) is 22.9 Å². The van der Waals surface area contributed by atoms with E-state index in [0.717, 1.165) is 24.1 Å². The monoisotopic (exact) mass is 480 g/mol. The summed E-state index contributed by atoms with van der Waals surface area (Å²) in [5, 5.41) is 14.0. The summed E-state index contributed by atoms with van der Waals surface area (Å²) >= 11 is 0. The molecule has 2 N–H and O–H groups in total. The largest absolute Gasteiger partial charge is 0.489 e. The van der Waals surface area contributed by atoms with Crippen LogP contribution in [0.5, 0.6) is 11.5 Å².